The lowest BCUT2D eigenvalue weighted by molar-refractivity contribution is -0.142. The number of benzene rings is 2. The van der Waals surface area contributed by atoms with Crippen molar-refractivity contribution >= 4 is 32.9 Å². The molecule has 6 nitrogen and oxygen atoms in total. The normalized spacial score (nSPS) is 10.8. The van der Waals surface area contributed by atoms with Gasteiger partial charge in [-0.3, -0.25) is 9.78 Å². The van der Waals surface area contributed by atoms with Crippen molar-refractivity contribution in [3.05, 3.63) is 88.4 Å². The first-order valence-corrected chi connectivity index (χ1v) is 11.0. The molecular formula is C25H22BrNO5. The van der Waals surface area contributed by atoms with Crippen LogP contribution in [0.2, 0.25) is 0 Å². The van der Waals surface area contributed by atoms with Crippen molar-refractivity contribution in [2.75, 3.05) is 6.61 Å². The molecule has 2 heterocycles. The van der Waals surface area contributed by atoms with E-state index in [2.05, 4.69) is 20.9 Å². The molecule has 0 amide bonds. The molecule has 0 N–H and O–H groups in total. The third-order valence-corrected chi connectivity index (χ3v) is 5.44. The largest absolute Gasteiger partial charge is 0.488 e. The summed E-state index contributed by atoms with van der Waals surface area (Å²) in [4.78, 5) is 16.0. The molecule has 0 saturated carbocycles. The Hall–Kier alpha value is -3.32. The van der Waals surface area contributed by atoms with Crippen LogP contribution in [0.15, 0.2) is 76.1 Å². The summed E-state index contributed by atoms with van der Waals surface area (Å²) >= 11 is 3.57. The van der Waals surface area contributed by atoms with Gasteiger partial charge in [0.25, 0.3) is 0 Å². The third kappa shape index (κ3) is 5.11. The van der Waals surface area contributed by atoms with Crippen LogP contribution in [-0.2, 0) is 29.2 Å². The summed E-state index contributed by atoms with van der Waals surface area (Å²) < 4.78 is 23.8. The molecular weight excluding hydrogens is 474 g/mol. The summed E-state index contributed by atoms with van der Waals surface area (Å²) in [5, 5.41) is 0.854. The van der Waals surface area contributed by atoms with E-state index in [0.717, 1.165) is 26.5 Å². The fraction of sp³-hybridized carbons (Fsp3) is 0.200. The Morgan fingerprint density at radius 1 is 1.03 bits per heavy atom. The van der Waals surface area contributed by atoms with Crippen LogP contribution in [0.5, 0.6) is 11.5 Å². The van der Waals surface area contributed by atoms with Crippen LogP contribution in [-0.4, -0.2) is 17.6 Å². The van der Waals surface area contributed by atoms with Crippen molar-refractivity contribution in [1.82, 2.24) is 4.98 Å². The number of pyridine rings is 1. The second-order valence-corrected chi connectivity index (χ2v) is 7.89. The van der Waals surface area contributed by atoms with Crippen molar-refractivity contribution in [3.8, 4) is 11.5 Å². The zero-order chi connectivity index (χ0) is 22.3. The predicted molar refractivity (Wildman–Crippen MR) is 124 cm³/mol. The highest BCUT2D eigenvalue weighted by molar-refractivity contribution is 9.10. The van der Waals surface area contributed by atoms with Gasteiger partial charge in [-0.15, -0.1) is 0 Å². The Morgan fingerprint density at radius 3 is 2.66 bits per heavy atom. The number of fused-ring (bicyclic) bond motifs is 1. The number of esters is 1. The van der Waals surface area contributed by atoms with Gasteiger partial charge in [-0.1, -0.05) is 18.2 Å². The van der Waals surface area contributed by atoms with E-state index in [9.17, 15) is 4.79 Å². The molecule has 4 aromatic rings. The second-order valence-electron chi connectivity index (χ2n) is 7.03. The molecule has 0 radical (unpaired) electrons. The topological polar surface area (TPSA) is 70.8 Å². The van der Waals surface area contributed by atoms with Crippen molar-refractivity contribution in [2.24, 2.45) is 0 Å². The number of ether oxygens (including phenoxy) is 3. The number of aromatic nitrogens is 1. The van der Waals surface area contributed by atoms with Crippen LogP contribution in [0, 0.1) is 0 Å². The standard InChI is InChI=1S/C25H22BrNO5/c1-2-29-23(28)14-18-5-3-4-6-22(18)31-16-19-13-21(26)25-20(9-12-30-25)24(19)32-15-17-7-10-27-11-8-17/h3-13H,2,14-16H2,1H3. The van der Waals surface area contributed by atoms with Crippen molar-refractivity contribution < 1.29 is 23.4 Å². The van der Waals surface area contributed by atoms with Gasteiger partial charge in [0.05, 0.1) is 29.1 Å². The van der Waals surface area contributed by atoms with E-state index in [0.29, 0.717) is 30.3 Å². The minimum Gasteiger partial charge on any atom is -0.488 e. The van der Waals surface area contributed by atoms with Crippen LogP contribution in [0.3, 0.4) is 0 Å². The molecule has 0 spiro atoms. The van der Waals surface area contributed by atoms with E-state index in [-0.39, 0.29) is 19.0 Å². The summed E-state index contributed by atoms with van der Waals surface area (Å²) in [6, 6.07) is 15.1. The number of hydrogen-bond donors (Lipinski definition) is 0. The first-order valence-electron chi connectivity index (χ1n) is 10.2. The lowest BCUT2D eigenvalue weighted by Crippen LogP contribution is -2.09. The molecule has 164 valence electrons. The Kier molecular flexibility index (Phi) is 7.07. The molecule has 0 aliphatic carbocycles. The molecule has 4 rings (SSSR count). The van der Waals surface area contributed by atoms with Crippen molar-refractivity contribution in [2.45, 2.75) is 26.6 Å². The van der Waals surface area contributed by atoms with Gasteiger partial charge in [-0.05, 0) is 58.7 Å². The fourth-order valence-corrected chi connectivity index (χ4v) is 3.94. The molecule has 0 bridgehead atoms. The highest BCUT2D eigenvalue weighted by Gasteiger charge is 2.17. The second kappa shape index (κ2) is 10.3. The van der Waals surface area contributed by atoms with Gasteiger partial charge in [0.1, 0.15) is 24.7 Å². The van der Waals surface area contributed by atoms with Crippen molar-refractivity contribution in [3.63, 3.8) is 0 Å². The highest BCUT2D eigenvalue weighted by Crippen LogP contribution is 2.37. The molecule has 2 aromatic heterocycles. The lowest BCUT2D eigenvalue weighted by Gasteiger charge is -2.16. The number of nitrogens with zero attached hydrogens (tertiary/aromatic N) is 1. The van der Waals surface area contributed by atoms with Crippen LogP contribution >= 0.6 is 15.9 Å². The molecule has 32 heavy (non-hydrogen) atoms. The van der Waals surface area contributed by atoms with Crippen LogP contribution < -0.4 is 9.47 Å². The Balaban J connectivity index is 1.59. The van der Waals surface area contributed by atoms with Gasteiger partial charge < -0.3 is 18.6 Å². The van der Waals surface area contributed by atoms with E-state index in [1.165, 1.54) is 0 Å². The summed E-state index contributed by atoms with van der Waals surface area (Å²) in [6.45, 7) is 2.78. The van der Waals surface area contributed by atoms with E-state index >= 15 is 0 Å². The number of carbonyl (C=O) groups excluding carboxylic acids is 1. The number of halogens is 1. The summed E-state index contributed by atoms with van der Waals surface area (Å²) in [5.41, 5.74) is 3.34. The molecule has 2 aromatic carbocycles. The summed E-state index contributed by atoms with van der Waals surface area (Å²) in [5.74, 6) is 1.04. The number of hydrogen-bond acceptors (Lipinski definition) is 6. The Bertz CT molecular complexity index is 1210. The molecule has 0 aliphatic heterocycles. The maximum absolute atomic E-state index is 12.0. The van der Waals surface area contributed by atoms with Gasteiger partial charge >= 0.3 is 5.97 Å². The van der Waals surface area contributed by atoms with Gasteiger partial charge in [-0.25, -0.2) is 0 Å². The Labute approximate surface area is 194 Å². The van der Waals surface area contributed by atoms with E-state index in [4.69, 9.17) is 18.6 Å². The van der Waals surface area contributed by atoms with E-state index < -0.39 is 0 Å². The maximum Gasteiger partial charge on any atom is 0.310 e. The molecule has 0 saturated heterocycles. The first kappa shape index (κ1) is 21.9. The minimum absolute atomic E-state index is 0.153. The van der Waals surface area contributed by atoms with Gasteiger partial charge in [0.2, 0.25) is 0 Å². The average Bonchev–Trinajstić information content (AvgIpc) is 3.29. The number of carbonyl (C=O) groups is 1. The average molecular weight is 496 g/mol. The highest BCUT2D eigenvalue weighted by atomic mass is 79.9. The quantitative estimate of drug-likeness (QED) is 0.271. The van der Waals surface area contributed by atoms with Gasteiger partial charge in [0, 0.05) is 23.5 Å². The fourth-order valence-electron chi connectivity index (χ4n) is 3.36. The van der Waals surface area contributed by atoms with Gasteiger partial charge in [0.15, 0.2) is 5.58 Å². The molecule has 0 fully saturated rings. The van der Waals surface area contributed by atoms with Crippen LogP contribution in [0.1, 0.15) is 23.6 Å². The monoisotopic (exact) mass is 495 g/mol. The smallest absolute Gasteiger partial charge is 0.310 e. The van der Waals surface area contributed by atoms with Crippen LogP contribution in [0.25, 0.3) is 11.0 Å². The summed E-state index contributed by atoms with van der Waals surface area (Å²) in [6.07, 6.45) is 5.25. The minimum atomic E-state index is -0.285. The number of furan rings is 1. The Morgan fingerprint density at radius 2 is 1.84 bits per heavy atom. The lowest BCUT2D eigenvalue weighted by atomic mass is 10.1. The zero-order valence-electron chi connectivity index (χ0n) is 17.5. The number of para-hydroxylation sites is 1. The maximum atomic E-state index is 12.0. The molecule has 0 aliphatic rings. The zero-order valence-corrected chi connectivity index (χ0v) is 19.1. The molecule has 0 atom stereocenters. The predicted octanol–water partition coefficient (Wildman–Crippen LogP) is 5.85. The van der Waals surface area contributed by atoms with Crippen molar-refractivity contribution in [1.29, 1.82) is 0 Å². The van der Waals surface area contributed by atoms with E-state index in [1.807, 2.05) is 48.5 Å². The van der Waals surface area contributed by atoms with Crippen LogP contribution in [0.4, 0.5) is 0 Å². The first-order chi connectivity index (χ1) is 15.7. The SMILES string of the molecule is CCOC(=O)Cc1ccccc1OCc1cc(Br)c2occc2c1OCc1ccncc1. The third-order valence-electron chi connectivity index (χ3n) is 4.85. The summed E-state index contributed by atoms with van der Waals surface area (Å²) in [7, 11) is 0. The molecule has 7 heteroatoms. The van der Waals surface area contributed by atoms with Gasteiger partial charge in [-0.2, -0.15) is 0 Å². The van der Waals surface area contributed by atoms with E-state index in [1.54, 1.807) is 25.6 Å². The molecule has 0 unspecified atom stereocenters. The number of rotatable bonds is 9.